The van der Waals surface area contributed by atoms with E-state index in [1.165, 1.54) is 6.20 Å². The van der Waals surface area contributed by atoms with E-state index in [1.54, 1.807) is 23.9 Å². The quantitative estimate of drug-likeness (QED) is 0.469. The van der Waals surface area contributed by atoms with Crippen LogP contribution in [0, 0.1) is 5.92 Å². The predicted molar refractivity (Wildman–Crippen MR) is 123 cm³/mol. The van der Waals surface area contributed by atoms with Gasteiger partial charge in [-0.2, -0.15) is 0 Å². The van der Waals surface area contributed by atoms with Crippen LogP contribution >= 0.6 is 23.4 Å². The van der Waals surface area contributed by atoms with E-state index in [0.29, 0.717) is 17.4 Å². The van der Waals surface area contributed by atoms with Gasteiger partial charge in [0.25, 0.3) is 0 Å². The number of hydrogen-bond donors (Lipinski definition) is 2. The summed E-state index contributed by atoms with van der Waals surface area (Å²) in [6.45, 7) is 5.33. The Labute approximate surface area is 186 Å². The number of carbonyl (C=O) groups excluding carboxylic acids is 2. The molecule has 2 aromatic rings. The van der Waals surface area contributed by atoms with Gasteiger partial charge in [0.1, 0.15) is 5.82 Å². The Bertz CT molecular complexity index is 891. The van der Waals surface area contributed by atoms with Gasteiger partial charge in [0.2, 0.25) is 11.8 Å². The number of halogens is 1. The lowest BCUT2D eigenvalue weighted by Gasteiger charge is -2.31. The average molecular weight is 445 g/mol. The van der Waals surface area contributed by atoms with Gasteiger partial charge in [0.05, 0.1) is 23.2 Å². The van der Waals surface area contributed by atoms with Gasteiger partial charge in [-0.3, -0.25) is 14.5 Å². The molecule has 0 saturated carbocycles. The molecule has 6 nitrogen and oxygen atoms in total. The van der Waals surface area contributed by atoms with Gasteiger partial charge >= 0.3 is 0 Å². The SMILES string of the molecule is C=CCSc1ccccc1NC(=O)CN1CCCC(C(=O)Nc2ccc(Cl)cn2)C1. The van der Waals surface area contributed by atoms with Crippen molar-refractivity contribution in [1.82, 2.24) is 9.88 Å². The van der Waals surface area contributed by atoms with Crippen molar-refractivity contribution >= 4 is 46.7 Å². The molecule has 1 saturated heterocycles. The van der Waals surface area contributed by atoms with Crippen LogP contribution in [0.15, 0.2) is 60.1 Å². The molecule has 1 aliphatic rings. The number of likely N-dealkylation sites (tertiary alicyclic amines) is 1. The number of nitrogens with one attached hydrogen (secondary N) is 2. The van der Waals surface area contributed by atoms with Gasteiger partial charge in [-0.1, -0.05) is 29.8 Å². The zero-order valence-corrected chi connectivity index (χ0v) is 18.2. The van der Waals surface area contributed by atoms with Gasteiger partial charge < -0.3 is 10.6 Å². The summed E-state index contributed by atoms with van der Waals surface area (Å²) in [4.78, 5) is 32.3. The molecule has 1 aromatic carbocycles. The first kappa shape index (κ1) is 22.3. The van der Waals surface area contributed by atoms with Crippen LogP contribution in [-0.4, -0.2) is 47.1 Å². The van der Waals surface area contributed by atoms with Crippen molar-refractivity contribution in [2.75, 3.05) is 36.0 Å². The zero-order chi connectivity index (χ0) is 21.3. The van der Waals surface area contributed by atoms with Crippen LogP contribution in [0.5, 0.6) is 0 Å². The normalized spacial score (nSPS) is 16.6. The van der Waals surface area contributed by atoms with Crippen LogP contribution in [0.1, 0.15) is 12.8 Å². The number of aromatic nitrogens is 1. The molecule has 30 heavy (non-hydrogen) atoms. The Balaban J connectivity index is 1.53. The number of piperidine rings is 1. The van der Waals surface area contributed by atoms with Crippen LogP contribution < -0.4 is 10.6 Å². The maximum atomic E-state index is 12.6. The summed E-state index contributed by atoms with van der Waals surface area (Å²) < 4.78 is 0. The van der Waals surface area contributed by atoms with Crippen molar-refractivity contribution in [3.05, 3.63) is 60.3 Å². The first-order chi connectivity index (χ1) is 14.5. The number of hydrogen-bond acceptors (Lipinski definition) is 5. The van der Waals surface area contributed by atoms with Crippen LogP contribution in [-0.2, 0) is 9.59 Å². The minimum Gasteiger partial charge on any atom is -0.324 e. The van der Waals surface area contributed by atoms with E-state index in [4.69, 9.17) is 11.6 Å². The fraction of sp³-hybridized carbons (Fsp3) is 0.318. The van der Waals surface area contributed by atoms with Gasteiger partial charge in [0.15, 0.2) is 0 Å². The molecule has 158 valence electrons. The number of thioether (sulfide) groups is 1. The molecule has 0 bridgehead atoms. The third-order valence-corrected chi connectivity index (χ3v) is 6.03. The maximum absolute atomic E-state index is 12.6. The average Bonchev–Trinajstić information content (AvgIpc) is 2.75. The van der Waals surface area contributed by atoms with Crippen molar-refractivity contribution in [3.8, 4) is 0 Å². The van der Waals surface area contributed by atoms with Gasteiger partial charge in [-0.15, -0.1) is 18.3 Å². The molecule has 2 N–H and O–H groups in total. The van der Waals surface area contributed by atoms with Crippen LogP contribution in [0.25, 0.3) is 0 Å². The molecule has 0 spiro atoms. The Morgan fingerprint density at radius 3 is 2.87 bits per heavy atom. The number of pyridine rings is 1. The fourth-order valence-electron chi connectivity index (χ4n) is 3.33. The molecule has 0 aliphatic carbocycles. The third-order valence-electron chi connectivity index (χ3n) is 4.74. The molecule has 1 fully saturated rings. The second kappa shape index (κ2) is 11.2. The number of anilines is 2. The van der Waals surface area contributed by atoms with Crippen LogP contribution in [0.3, 0.4) is 0 Å². The summed E-state index contributed by atoms with van der Waals surface area (Å²) in [6, 6.07) is 11.1. The van der Waals surface area contributed by atoms with Crippen molar-refractivity contribution in [1.29, 1.82) is 0 Å². The third kappa shape index (κ3) is 6.58. The van der Waals surface area contributed by atoms with E-state index in [0.717, 1.165) is 35.7 Å². The molecular weight excluding hydrogens is 420 g/mol. The second-order valence-corrected chi connectivity index (χ2v) is 8.57. The largest absolute Gasteiger partial charge is 0.324 e. The first-order valence-electron chi connectivity index (χ1n) is 9.82. The summed E-state index contributed by atoms with van der Waals surface area (Å²) in [5.41, 5.74) is 0.800. The Kier molecular flexibility index (Phi) is 8.30. The molecular formula is C22H25ClN4O2S. The molecule has 1 aliphatic heterocycles. The first-order valence-corrected chi connectivity index (χ1v) is 11.2. The molecule has 3 rings (SSSR count). The standard InChI is InChI=1S/C22H25ClN4O2S/c1-2-12-30-19-8-4-3-7-18(19)25-21(28)15-27-11-5-6-16(14-27)22(29)26-20-10-9-17(23)13-24-20/h2-4,7-10,13,16H,1,5-6,11-12,14-15H2,(H,25,28)(H,24,26,29). The smallest absolute Gasteiger partial charge is 0.238 e. The summed E-state index contributed by atoms with van der Waals surface area (Å²) in [5.74, 6) is 0.911. The lowest BCUT2D eigenvalue weighted by molar-refractivity contribution is -0.123. The van der Waals surface area contributed by atoms with Crippen LogP contribution in [0.4, 0.5) is 11.5 Å². The molecule has 2 amide bonds. The highest BCUT2D eigenvalue weighted by Gasteiger charge is 2.27. The predicted octanol–water partition coefficient (Wildman–Crippen LogP) is 4.30. The van der Waals surface area contributed by atoms with Crippen molar-refractivity contribution in [3.63, 3.8) is 0 Å². The Morgan fingerprint density at radius 1 is 1.27 bits per heavy atom. The number of benzene rings is 1. The molecule has 1 aromatic heterocycles. The molecule has 8 heteroatoms. The summed E-state index contributed by atoms with van der Waals surface area (Å²) in [7, 11) is 0. The van der Waals surface area contributed by atoms with Crippen molar-refractivity contribution in [2.45, 2.75) is 17.7 Å². The van der Waals surface area contributed by atoms with Gasteiger partial charge in [0, 0.05) is 23.4 Å². The van der Waals surface area contributed by atoms with Crippen LogP contribution in [0.2, 0.25) is 5.02 Å². The highest BCUT2D eigenvalue weighted by atomic mass is 35.5. The summed E-state index contributed by atoms with van der Waals surface area (Å²) in [5, 5.41) is 6.35. The number of carbonyl (C=O) groups is 2. The van der Waals surface area contributed by atoms with E-state index in [1.807, 2.05) is 35.2 Å². The summed E-state index contributed by atoms with van der Waals surface area (Å²) in [6.07, 6.45) is 4.99. The van der Waals surface area contributed by atoms with E-state index < -0.39 is 0 Å². The van der Waals surface area contributed by atoms with E-state index in [2.05, 4.69) is 22.2 Å². The van der Waals surface area contributed by atoms with E-state index in [-0.39, 0.29) is 24.3 Å². The minimum absolute atomic E-state index is 0.0814. The van der Waals surface area contributed by atoms with Gasteiger partial charge in [-0.25, -0.2) is 4.98 Å². The number of amides is 2. The minimum atomic E-state index is -0.181. The van der Waals surface area contributed by atoms with Gasteiger partial charge in [-0.05, 0) is 43.7 Å². The molecule has 1 atom stereocenters. The Hall–Kier alpha value is -2.35. The zero-order valence-electron chi connectivity index (χ0n) is 16.6. The van der Waals surface area contributed by atoms with E-state index >= 15 is 0 Å². The van der Waals surface area contributed by atoms with Crippen molar-refractivity contribution < 1.29 is 9.59 Å². The number of rotatable bonds is 8. The Morgan fingerprint density at radius 2 is 2.10 bits per heavy atom. The second-order valence-electron chi connectivity index (χ2n) is 7.07. The number of para-hydroxylation sites is 1. The highest BCUT2D eigenvalue weighted by molar-refractivity contribution is 7.99. The molecule has 0 radical (unpaired) electrons. The molecule has 1 unspecified atom stereocenters. The summed E-state index contributed by atoms with van der Waals surface area (Å²) >= 11 is 7.46. The monoisotopic (exact) mass is 444 g/mol. The van der Waals surface area contributed by atoms with E-state index in [9.17, 15) is 9.59 Å². The lowest BCUT2D eigenvalue weighted by atomic mass is 9.97. The molecule has 2 heterocycles. The highest BCUT2D eigenvalue weighted by Crippen LogP contribution is 2.27. The lowest BCUT2D eigenvalue weighted by Crippen LogP contribution is -2.44. The fourth-order valence-corrected chi connectivity index (χ4v) is 4.19. The topological polar surface area (TPSA) is 74.3 Å². The number of nitrogens with zero attached hydrogens (tertiary/aromatic N) is 2. The van der Waals surface area contributed by atoms with Crippen molar-refractivity contribution in [2.24, 2.45) is 5.92 Å². The maximum Gasteiger partial charge on any atom is 0.238 e.